The van der Waals surface area contributed by atoms with E-state index in [0.29, 0.717) is 10.9 Å². The summed E-state index contributed by atoms with van der Waals surface area (Å²) in [6.07, 6.45) is -2.40. The average molecular weight is 336 g/mol. The zero-order valence-electron chi connectivity index (χ0n) is 11.8. The number of nitrogens with one attached hydrogen (secondary N) is 1. The highest BCUT2D eigenvalue weighted by atomic mass is 35.5. The number of alkyl halides is 3. The van der Waals surface area contributed by atoms with Crippen molar-refractivity contribution in [3.8, 4) is 0 Å². The number of hydrogen-bond donors (Lipinski definition) is 1. The summed E-state index contributed by atoms with van der Waals surface area (Å²) in [5.41, 5.74) is 0.955. The molecular weight excluding hydrogens is 319 g/mol. The van der Waals surface area contributed by atoms with Crippen LogP contribution in [0.3, 0.4) is 0 Å². The molecule has 0 saturated heterocycles. The molecule has 122 valence electrons. The Labute approximate surface area is 131 Å². The van der Waals surface area contributed by atoms with Gasteiger partial charge >= 0.3 is 6.18 Å². The molecule has 0 heterocycles. The van der Waals surface area contributed by atoms with Crippen LogP contribution < -0.4 is 5.32 Å². The molecule has 7 heteroatoms. The van der Waals surface area contributed by atoms with Gasteiger partial charge in [0.25, 0.3) is 0 Å². The van der Waals surface area contributed by atoms with Crippen molar-refractivity contribution in [3.05, 3.63) is 34.9 Å². The normalized spacial score (nSPS) is 16.4. The summed E-state index contributed by atoms with van der Waals surface area (Å²) >= 11 is 5.84. The summed E-state index contributed by atoms with van der Waals surface area (Å²) in [7, 11) is 0. The van der Waals surface area contributed by atoms with E-state index in [1.54, 1.807) is 12.1 Å². The molecule has 0 spiro atoms. The fourth-order valence-corrected chi connectivity index (χ4v) is 2.30. The van der Waals surface area contributed by atoms with Gasteiger partial charge in [0.15, 0.2) is 0 Å². The van der Waals surface area contributed by atoms with Crippen molar-refractivity contribution in [2.45, 2.75) is 31.5 Å². The summed E-state index contributed by atoms with van der Waals surface area (Å²) in [6.45, 7) is -1.58. The Bertz CT molecular complexity index is 501. The summed E-state index contributed by atoms with van der Waals surface area (Å²) in [4.78, 5) is 11.9. The minimum absolute atomic E-state index is 0.0904. The first-order valence-electron chi connectivity index (χ1n) is 7.04. The highest BCUT2D eigenvalue weighted by Crippen LogP contribution is 2.41. The molecule has 0 radical (unpaired) electrons. The van der Waals surface area contributed by atoms with E-state index in [4.69, 9.17) is 11.6 Å². The Morgan fingerprint density at radius 2 is 1.95 bits per heavy atom. The largest absolute Gasteiger partial charge is 0.411 e. The number of halogens is 4. The van der Waals surface area contributed by atoms with Gasteiger partial charge in [0, 0.05) is 11.4 Å². The van der Waals surface area contributed by atoms with Gasteiger partial charge in [0.05, 0.1) is 12.6 Å². The van der Waals surface area contributed by atoms with E-state index in [1.165, 1.54) is 0 Å². The van der Waals surface area contributed by atoms with Gasteiger partial charge in [-0.25, -0.2) is 0 Å². The molecule has 1 fully saturated rings. The van der Waals surface area contributed by atoms with Crippen molar-refractivity contribution in [1.29, 1.82) is 0 Å². The zero-order chi connectivity index (χ0) is 16.2. The Kier molecular flexibility index (Phi) is 5.69. The first-order valence-corrected chi connectivity index (χ1v) is 7.42. The van der Waals surface area contributed by atoms with Gasteiger partial charge in [-0.05, 0) is 36.5 Å². The Morgan fingerprint density at radius 3 is 2.50 bits per heavy atom. The van der Waals surface area contributed by atoms with E-state index in [1.807, 2.05) is 12.1 Å². The summed E-state index contributed by atoms with van der Waals surface area (Å²) in [5, 5.41) is 3.48. The first kappa shape index (κ1) is 17.1. The van der Waals surface area contributed by atoms with Gasteiger partial charge in [-0.2, -0.15) is 13.2 Å². The van der Waals surface area contributed by atoms with Crippen LogP contribution in [0.4, 0.5) is 13.2 Å². The summed E-state index contributed by atoms with van der Waals surface area (Å²) in [5.74, 6) is 0.0650. The maximum atomic E-state index is 11.9. The standard InChI is InChI=1S/C15H17ClF3NO2/c16-12-5-3-11(4-6-12)14(10-1-2-10)20-13(21)7-8-22-9-15(17,18)19/h3-6,10,14H,1-2,7-9H2,(H,20,21). The molecule has 1 N–H and O–H groups in total. The topological polar surface area (TPSA) is 38.3 Å². The number of hydrogen-bond acceptors (Lipinski definition) is 2. The van der Waals surface area contributed by atoms with E-state index in [2.05, 4.69) is 10.1 Å². The van der Waals surface area contributed by atoms with Gasteiger partial charge < -0.3 is 10.1 Å². The van der Waals surface area contributed by atoms with Crippen molar-refractivity contribution < 1.29 is 22.7 Å². The van der Waals surface area contributed by atoms with Crippen molar-refractivity contribution in [3.63, 3.8) is 0 Å². The lowest BCUT2D eigenvalue weighted by molar-refractivity contribution is -0.174. The van der Waals surface area contributed by atoms with Gasteiger partial charge in [0.1, 0.15) is 6.61 Å². The SMILES string of the molecule is O=C(CCOCC(F)(F)F)NC(c1ccc(Cl)cc1)C1CC1. The molecule has 1 amide bonds. The predicted octanol–water partition coefficient (Wildman–Crippen LogP) is 3.88. The van der Waals surface area contributed by atoms with Crippen LogP contribution in [0.1, 0.15) is 30.9 Å². The molecule has 1 unspecified atom stereocenters. The van der Waals surface area contributed by atoms with E-state index in [-0.39, 0.29) is 25.0 Å². The second kappa shape index (κ2) is 7.33. The molecule has 1 aromatic rings. The van der Waals surface area contributed by atoms with Gasteiger partial charge in [-0.3, -0.25) is 4.79 Å². The van der Waals surface area contributed by atoms with Crippen LogP contribution in [-0.2, 0) is 9.53 Å². The number of carbonyl (C=O) groups is 1. The Morgan fingerprint density at radius 1 is 1.32 bits per heavy atom. The number of carbonyl (C=O) groups excluding carboxylic acids is 1. The van der Waals surface area contributed by atoms with Crippen molar-refractivity contribution in [1.82, 2.24) is 5.32 Å². The Balaban J connectivity index is 1.81. The first-order chi connectivity index (χ1) is 10.3. The molecule has 1 atom stereocenters. The second-order valence-corrected chi connectivity index (χ2v) is 5.79. The minimum Gasteiger partial charge on any atom is -0.372 e. The molecule has 1 saturated carbocycles. The van der Waals surface area contributed by atoms with Crippen LogP contribution in [0.25, 0.3) is 0 Å². The van der Waals surface area contributed by atoms with Gasteiger partial charge in [-0.15, -0.1) is 0 Å². The van der Waals surface area contributed by atoms with Crippen LogP contribution in [0.5, 0.6) is 0 Å². The molecule has 22 heavy (non-hydrogen) atoms. The quantitative estimate of drug-likeness (QED) is 0.768. The molecule has 0 bridgehead atoms. The number of amides is 1. The second-order valence-electron chi connectivity index (χ2n) is 5.35. The van der Waals surface area contributed by atoms with Crippen LogP contribution in [0.2, 0.25) is 5.02 Å². The lowest BCUT2D eigenvalue weighted by Crippen LogP contribution is -2.31. The maximum absolute atomic E-state index is 11.9. The van der Waals surface area contributed by atoms with E-state index in [9.17, 15) is 18.0 Å². The highest BCUT2D eigenvalue weighted by Gasteiger charge is 2.33. The molecule has 1 aromatic carbocycles. The van der Waals surface area contributed by atoms with Crippen LogP contribution >= 0.6 is 11.6 Å². The minimum atomic E-state index is -4.36. The molecule has 3 nitrogen and oxygen atoms in total. The monoisotopic (exact) mass is 335 g/mol. The summed E-state index contributed by atoms with van der Waals surface area (Å²) < 4.78 is 40.2. The van der Waals surface area contributed by atoms with Crippen molar-refractivity contribution >= 4 is 17.5 Å². The third-order valence-electron chi connectivity index (χ3n) is 3.38. The van der Waals surface area contributed by atoms with Crippen molar-refractivity contribution in [2.24, 2.45) is 5.92 Å². The lowest BCUT2D eigenvalue weighted by atomic mass is 10.0. The summed E-state index contributed by atoms with van der Waals surface area (Å²) in [6, 6.07) is 7.10. The fraction of sp³-hybridized carbons (Fsp3) is 0.533. The third-order valence-corrected chi connectivity index (χ3v) is 3.63. The number of benzene rings is 1. The number of ether oxygens (including phenoxy) is 1. The molecule has 2 rings (SSSR count). The number of rotatable bonds is 7. The van der Waals surface area contributed by atoms with E-state index >= 15 is 0 Å². The average Bonchev–Trinajstić information content (AvgIpc) is 3.26. The molecule has 0 aliphatic heterocycles. The Hall–Kier alpha value is -1.27. The van der Waals surface area contributed by atoms with Crippen LogP contribution in [-0.4, -0.2) is 25.3 Å². The fourth-order valence-electron chi connectivity index (χ4n) is 2.17. The molecule has 1 aliphatic rings. The van der Waals surface area contributed by atoms with E-state index < -0.39 is 12.8 Å². The molecule has 0 aromatic heterocycles. The highest BCUT2D eigenvalue weighted by molar-refractivity contribution is 6.30. The molecule has 1 aliphatic carbocycles. The zero-order valence-corrected chi connectivity index (χ0v) is 12.6. The smallest absolute Gasteiger partial charge is 0.372 e. The van der Waals surface area contributed by atoms with Crippen LogP contribution in [0.15, 0.2) is 24.3 Å². The predicted molar refractivity (Wildman–Crippen MR) is 76.6 cm³/mol. The third kappa shape index (κ3) is 5.85. The van der Waals surface area contributed by atoms with Crippen molar-refractivity contribution in [2.75, 3.05) is 13.2 Å². The van der Waals surface area contributed by atoms with Gasteiger partial charge in [0.2, 0.25) is 5.91 Å². The lowest BCUT2D eigenvalue weighted by Gasteiger charge is -2.19. The van der Waals surface area contributed by atoms with Crippen LogP contribution in [0, 0.1) is 5.92 Å². The molecular formula is C15H17ClF3NO2. The van der Waals surface area contributed by atoms with E-state index in [0.717, 1.165) is 18.4 Å². The maximum Gasteiger partial charge on any atom is 0.411 e. The van der Waals surface area contributed by atoms with Gasteiger partial charge in [-0.1, -0.05) is 23.7 Å².